The zero-order valence-corrected chi connectivity index (χ0v) is 27.8. The Morgan fingerprint density at radius 2 is 1.79 bits per heavy atom. The van der Waals surface area contributed by atoms with Gasteiger partial charge in [-0.3, -0.25) is 28.9 Å². The minimum atomic E-state index is -0.967. The summed E-state index contributed by atoms with van der Waals surface area (Å²) in [6.45, 7) is -0.172. The topological polar surface area (TPSA) is 146 Å². The summed E-state index contributed by atoms with van der Waals surface area (Å²) in [6.07, 6.45) is 0.799. The van der Waals surface area contributed by atoms with Crippen molar-refractivity contribution in [3.63, 3.8) is 0 Å². The lowest BCUT2D eigenvalue weighted by Crippen LogP contribution is -2.42. The highest BCUT2D eigenvalue weighted by Crippen LogP contribution is 2.69. The van der Waals surface area contributed by atoms with Crippen LogP contribution < -0.4 is 14.9 Å². The highest BCUT2D eigenvalue weighted by Gasteiger charge is 2.69. The normalized spacial score (nSPS) is 26.8. The van der Waals surface area contributed by atoms with E-state index in [1.165, 1.54) is 4.90 Å². The second kappa shape index (κ2) is 12.1. The first-order chi connectivity index (χ1) is 23.2. The second-order valence-electron chi connectivity index (χ2n) is 12.8. The summed E-state index contributed by atoms with van der Waals surface area (Å²) in [6, 6.07) is 18.7. The predicted octanol–water partition coefficient (Wildman–Crippen LogP) is 5.60. The maximum Gasteiger partial charge on any atom is 0.305 e. The molecule has 3 amide bonds. The average Bonchev–Trinajstić information content (AvgIpc) is 3.80. The van der Waals surface area contributed by atoms with Crippen molar-refractivity contribution >= 4 is 74.9 Å². The molecule has 13 heteroatoms. The van der Waals surface area contributed by atoms with Gasteiger partial charge in [0.25, 0.3) is 5.91 Å². The number of aromatic amines is 1. The quantitative estimate of drug-likeness (QED) is 0.191. The third-order valence-corrected chi connectivity index (χ3v) is 13.1. The zero-order valence-electron chi connectivity index (χ0n) is 25.4. The Balaban J connectivity index is 1.10. The van der Waals surface area contributed by atoms with E-state index >= 15 is 0 Å². The van der Waals surface area contributed by atoms with Crippen molar-refractivity contribution in [2.45, 2.75) is 35.5 Å². The van der Waals surface area contributed by atoms with Gasteiger partial charge in [0.05, 0.1) is 16.9 Å². The van der Waals surface area contributed by atoms with Crippen LogP contribution in [0.5, 0.6) is 5.75 Å². The number of imide groups is 1. The maximum atomic E-state index is 13.8. The molecule has 10 nitrogen and oxygen atoms in total. The highest BCUT2D eigenvalue weighted by atomic mass is 35.5. The summed E-state index contributed by atoms with van der Waals surface area (Å²) in [5, 5.41) is 15.1. The summed E-state index contributed by atoms with van der Waals surface area (Å²) >= 11 is 9.28. The number of H-pyrrole nitrogens is 1. The number of anilines is 1. The first-order valence-electron chi connectivity index (χ1n) is 15.9. The Morgan fingerprint density at radius 1 is 1.02 bits per heavy atom. The lowest BCUT2D eigenvalue weighted by atomic mass is 9.68. The van der Waals surface area contributed by atoms with Gasteiger partial charge in [0, 0.05) is 50.7 Å². The number of carbonyl (C=O) groups excluding carboxylic acids is 3. The number of nitrogens with one attached hydrogen (secondary N) is 2. The van der Waals surface area contributed by atoms with Crippen LogP contribution in [0, 0.1) is 29.6 Å². The predicted molar refractivity (Wildman–Crippen MR) is 182 cm³/mol. The number of aliphatic carboxylic acids is 1. The number of carboxylic acids is 1. The Morgan fingerprint density at radius 3 is 2.60 bits per heavy atom. The van der Waals surface area contributed by atoms with Crippen molar-refractivity contribution in [2.75, 3.05) is 18.5 Å². The van der Waals surface area contributed by atoms with Crippen LogP contribution in [0.2, 0.25) is 5.02 Å². The molecule has 4 aromatic rings. The van der Waals surface area contributed by atoms with Crippen LogP contribution in [0.15, 0.2) is 70.5 Å². The zero-order chi connectivity index (χ0) is 33.3. The van der Waals surface area contributed by atoms with E-state index in [0.717, 1.165) is 37.6 Å². The van der Waals surface area contributed by atoms with Crippen molar-refractivity contribution in [1.82, 2.24) is 9.88 Å². The molecular weight excluding hydrogens is 674 g/mol. The fourth-order valence-electron chi connectivity index (χ4n) is 8.59. The number of likely N-dealkylation sites (tertiary alicyclic amines) is 1. The molecule has 7 atom stereocenters. The Labute approximate surface area is 287 Å². The standard InChI is InChI=1S/C35H30ClN3O7S2/c36-17-10-11-23(46-15-24(40)37-22-8-3-6-16-5-1-2-7-18(16)22)19(13-17)26-27-20-14-21(30(27)47-32-31(26)48-35(45)38-32)29-28(20)33(43)39(34(29)44)12-4-9-25(41)42/h1-3,5-8,10-11,13,20-21,26-30H,4,9,12,14-15H2,(H,37,40)(H,38,45)(H,41,42)/t20?,21?,26-,27?,28?,29?,30?/m1/s1. The molecule has 48 heavy (non-hydrogen) atoms. The molecule has 3 fully saturated rings. The van der Waals surface area contributed by atoms with E-state index < -0.39 is 17.8 Å². The number of fused-ring (bicyclic) bond motifs is 10. The molecule has 1 saturated heterocycles. The van der Waals surface area contributed by atoms with Gasteiger partial charge in [-0.1, -0.05) is 59.3 Å². The summed E-state index contributed by atoms with van der Waals surface area (Å²) in [4.78, 5) is 69.3. The molecule has 6 unspecified atom stereocenters. The van der Waals surface area contributed by atoms with Gasteiger partial charge in [-0.25, -0.2) is 0 Å². The van der Waals surface area contributed by atoms with Gasteiger partial charge in [0.1, 0.15) is 5.75 Å². The van der Waals surface area contributed by atoms with Crippen molar-refractivity contribution in [3.8, 4) is 5.75 Å². The van der Waals surface area contributed by atoms with Gasteiger partial charge < -0.3 is 20.1 Å². The highest BCUT2D eigenvalue weighted by molar-refractivity contribution is 8.00. The van der Waals surface area contributed by atoms with E-state index in [0.29, 0.717) is 22.9 Å². The van der Waals surface area contributed by atoms with Gasteiger partial charge in [-0.15, -0.1) is 11.8 Å². The first kappa shape index (κ1) is 31.2. The van der Waals surface area contributed by atoms with Gasteiger partial charge in [0.2, 0.25) is 11.8 Å². The first-order valence-corrected chi connectivity index (χ1v) is 17.9. The largest absolute Gasteiger partial charge is 0.483 e. The molecule has 1 aromatic heterocycles. The number of carboxylic acid groups (broad SMARTS) is 1. The van der Waals surface area contributed by atoms with E-state index in [1.807, 2.05) is 48.5 Å². The van der Waals surface area contributed by atoms with Gasteiger partial charge >= 0.3 is 10.8 Å². The number of hydrogen-bond acceptors (Lipinski definition) is 8. The number of hydrogen-bond donors (Lipinski definition) is 3. The lowest BCUT2D eigenvalue weighted by molar-refractivity contribution is -0.142. The molecular formula is C35H30ClN3O7S2. The summed E-state index contributed by atoms with van der Waals surface area (Å²) in [5.74, 6) is -2.91. The van der Waals surface area contributed by atoms with Crippen LogP contribution in [-0.2, 0) is 19.2 Å². The SMILES string of the molecule is O=C(O)CCCN1C(=O)C2C3CC(C2C1=O)C1C3Sc2[nH]c(=O)sc2[C@@H]1c1cc(Cl)ccc1OCC(=O)Nc1cccc2ccccc12. The van der Waals surface area contributed by atoms with E-state index in [9.17, 15) is 24.0 Å². The Hall–Kier alpha value is -4.13. The summed E-state index contributed by atoms with van der Waals surface area (Å²) in [7, 11) is 0. The van der Waals surface area contributed by atoms with Gasteiger partial charge in [-0.2, -0.15) is 0 Å². The van der Waals surface area contributed by atoms with Crippen molar-refractivity contribution in [1.29, 1.82) is 0 Å². The molecule has 0 radical (unpaired) electrons. The number of carbonyl (C=O) groups is 4. The Kier molecular flexibility index (Phi) is 7.84. The molecule has 0 spiro atoms. The number of halogens is 1. The number of nitrogens with zero attached hydrogens (tertiary/aromatic N) is 1. The van der Waals surface area contributed by atoms with Crippen LogP contribution in [0.25, 0.3) is 10.8 Å². The Bertz CT molecular complexity index is 2060. The fraction of sp³-hybridized carbons (Fsp3) is 0.343. The molecule has 8 rings (SSSR count). The third-order valence-electron chi connectivity index (χ3n) is 10.3. The molecule has 246 valence electrons. The number of ether oxygens (including phenoxy) is 1. The second-order valence-corrected chi connectivity index (χ2v) is 15.5. The lowest BCUT2D eigenvalue weighted by Gasteiger charge is -2.43. The maximum absolute atomic E-state index is 13.8. The average molecular weight is 704 g/mol. The number of aromatic nitrogens is 1. The molecule has 2 bridgehead atoms. The molecule has 3 heterocycles. The van der Waals surface area contributed by atoms with E-state index in [-0.39, 0.29) is 77.5 Å². The molecule has 2 saturated carbocycles. The summed E-state index contributed by atoms with van der Waals surface area (Å²) < 4.78 is 6.21. The smallest absolute Gasteiger partial charge is 0.305 e. The third kappa shape index (κ3) is 5.12. The van der Waals surface area contributed by atoms with Crippen molar-refractivity contribution in [3.05, 3.63) is 85.8 Å². The number of thioether (sulfide) groups is 1. The minimum absolute atomic E-state index is 0.0452. The van der Waals surface area contributed by atoms with E-state index in [4.69, 9.17) is 21.4 Å². The molecule has 4 aliphatic rings. The minimum Gasteiger partial charge on any atom is -0.483 e. The van der Waals surface area contributed by atoms with Crippen LogP contribution >= 0.6 is 34.7 Å². The van der Waals surface area contributed by atoms with Gasteiger partial charge in [0.15, 0.2) is 6.61 Å². The number of amides is 3. The number of rotatable bonds is 9. The van der Waals surface area contributed by atoms with E-state index in [1.54, 1.807) is 23.9 Å². The number of thiazole rings is 1. The van der Waals surface area contributed by atoms with Crippen LogP contribution in [0.3, 0.4) is 0 Å². The molecule has 2 aliphatic heterocycles. The van der Waals surface area contributed by atoms with Crippen LogP contribution in [0.4, 0.5) is 5.69 Å². The van der Waals surface area contributed by atoms with E-state index in [2.05, 4.69) is 10.3 Å². The molecule has 2 aliphatic carbocycles. The van der Waals surface area contributed by atoms with Crippen LogP contribution in [0.1, 0.15) is 35.6 Å². The van der Waals surface area contributed by atoms with Gasteiger partial charge in [-0.05, 0) is 60.2 Å². The monoisotopic (exact) mass is 703 g/mol. The van der Waals surface area contributed by atoms with Crippen molar-refractivity contribution < 1.29 is 29.0 Å². The molecule has 3 N–H and O–H groups in total. The summed E-state index contributed by atoms with van der Waals surface area (Å²) in [5.41, 5.74) is 1.41. The van der Waals surface area contributed by atoms with Crippen molar-refractivity contribution in [2.24, 2.45) is 29.6 Å². The molecule has 3 aromatic carbocycles. The fourth-order valence-corrected chi connectivity index (χ4v) is 11.7. The number of benzene rings is 3. The van der Waals surface area contributed by atoms with Crippen LogP contribution in [-0.4, -0.2) is 57.1 Å².